The number of benzene rings is 2. The van der Waals surface area contributed by atoms with Crippen molar-refractivity contribution in [2.75, 3.05) is 5.32 Å². The topological polar surface area (TPSA) is 100 Å². The Bertz CT molecular complexity index is 952. The second-order valence-corrected chi connectivity index (χ2v) is 6.65. The minimum Gasteiger partial charge on any atom is -0.404 e. The van der Waals surface area contributed by atoms with E-state index in [1.54, 1.807) is 0 Å². The summed E-state index contributed by atoms with van der Waals surface area (Å²) in [5.74, 6) is -0.0576. The molecule has 2 rings (SSSR count). The van der Waals surface area contributed by atoms with Gasteiger partial charge in [0.15, 0.2) is 0 Å². The summed E-state index contributed by atoms with van der Waals surface area (Å²) >= 11 is 0. The van der Waals surface area contributed by atoms with Crippen LogP contribution in [0.1, 0.15) is 37.8 Å². The highest BCUT2D eigenvalue weighted by atomic mass is 14.9. The van der Waals surface area contributed by atoms with Gasteiger partial charge in [-0.2, -0.15) is 0 Å². The van der Waals surface area contributed by atoms with Gasteiger partial charge in [0.2, 0.25) is 0 Å². The Balaban J connectivity index is 2.07. The van der Waals surface area contributed by atoms with E-state index in [1.807, 2.05) is 74.5 Å². The van der Waals surface area contributed by atoms with Gasteiger partial charge in [-0.15, -0.1) is 0 Å². The number of nitrogens with zero attached hydrogens (tertiary/aromatic N) is 1. The predicted molar refractivity (Wildman–Crippen MR) is 125 cm³/mol. The first-order valence-electron chi connectivity index (χ1n) is 9.52. The summed E-state index contributed by atoms with van der Waals surface area (Å²) in [6, 6.07) is 17.7. The van der Waals surface area contributed by atoms with Crippen LogP contribution in [0, 0.1) is 5.41 Å². The summed E-state index contributed by atoms with van der Waals surface area (Å²) in [6.07, 6.45) is 4.95. The fraction of sp³-hybridized carbons (Fsp3) is 0.167. The van der Waals surface area contributed by atoms with E-state index in [-0.39, 0.29) is 5.84 Å². The first-order chi connectivity index (χ1) is 13.9. The summed E-state index contributed by atoms with van der Waals surface area (Å²) in [4.78, 5) is 4.79. The Morgan fingerprint density at radius 1 is 1.10 bits per heavy atom. The molecule has 0 fully saturated rings. The highest BCUT2D eigenvalue weighted by molar-refractivity contribution is 6.20. The number of amidine groups is 1. The predicted octanol–water partition coefficient (Wildman–Crippen LogP) is 5.04. The molecule has 0 spiro atoms. The molecule has 0 heterocycles. The molecule has 0 saturated carbocycles. The zero-order chi connectivity index (χ0) is 21.2. The van der Waals surface area contributed by atoms with Crippen LogP contribution < -0.4 is 16.8 Å². The van der Waals surface area contributed by atoms with Gasteiger partial charge < -0.3 is 16.8 Å². The molecule has 29 heavy (non-hydrogen) atoms. The first kappa shape index (κ1) is 21.7. The van der Waals surface area contributed by atoms with Crippen LogP contribution in [0.5, 0.6) is 0 Å². The minimum atomic E-state index is -0.0576. The first-order valence-corrected chi connectivity index (χ1v) is 9.52. The molecule has 0 radical (unpaired) electrons. The van der Waals surface area contributed by atoms with Crippen molar-refractivity contribution in [2.45, 2.75) is 26.7 Å². The summed E-state index contributed by atoms with van der Waals surface area (Å²) in [5, 5.41) is 11.0. The van der Waals surface area contributed by atoms with Gasteiger partial charge in [0, 0.05) is 34.6 Å². The van der Waals surface area contributed by atoms with Crippen LogP contribution in [0.2, 0.25) is 0 Å². The van der Waals surface area contributed by atoms with E-state index in [1.165, 1.54) is 6.20 Å². The number of nitrogens with one attached hydrogen (secondary N) is 2. The lowest BCUT2D eigenvalue weighted by Crippen LogP contribution is -2.13. The van der Waals surface area contributed by atoms with Crippen molar-refractivity contribution in [3.05, 3.63) is 96.0 Å². The smallest absolute Gasteiger partial charge is 0.124 e. The Kier molecular flexibility index (Phi) is 7.98. The van der Waals surface area contributed by atoms with Gasteiger partial charge in [-0.1, -0.05) is 49.1 Å². The Morgan fingerprint density at radius 2 is 1.79 bits per heavy atom. The second kappa shape index (κ2) is 10.7. The number of hydrogen-bond acceptors (Lipinski definition) is 4. The summed E-state index contributed by atoms with van der Waals surface area (Å²) < 4.78 is 0. The number of anilines is 1. The zero-order valence-corrected chi connectivity index (χ0v) is 17.1. The van der Waals surface area contributed by atoms with Gasteiger partial charge in [-0.25, -0.2) is 0 Å². The van der Waals surface area contributed by atoms with Gasteiger partial charge in [0.05, 0.1) is 0 Å². The lowest BCUT2D eigenvalue weighted by molar-refractivity contribution is 0.915. The largest absolute Gasteiger partial charge is 0.404 e. The maximum absolute atomic E-state index is 7.66. The Morgan fingerprint density at radius 3 is 2.41 bits per heavy atom. The Hall–Kier alpha value is -3.60. The van der Waals surface area contributed by atoms with E-state index in [9.17, 15) is 0 Å². The highest BCUT2D eigenvalue weighted by Crippen LogP contribution is 2.19. The summed E-state index contributed by atoms with van der Waals surface area (Å²) in [6.45, 7) is 8.07. The van der Waals surface area contributed by atoms with Crippen molar-refractivity contribution in [3.8, 4) is 0 Å². The molecule has 0 amide bonds. The van der Waals surface area contributed by atoms with Crippen molar-refractivity contribution >= 4 is 22.8 Å². The van der Waals surface area contributed by atoms with E-state index in [4.69, 9.17) is 21.9 Å². The Labute approximate surface area is 173 Å². The number of allylic oxidation sites excluding steroid dienone is 3. The molecule has 0 aromatic heterocycles. The monoisotopic (exact) mass is 387 g/mol. The lowest BCUT2D eigenvalue weighted by atomic mass is 10.0. The molecule has 2 aromatic rings. The standard InChI is InChI=1S/C24H29N5/c1-4-21(14-13-17(2)28-22-11-6-5-7-12-22)29-18(3)19-9-8-10-20(15-19)23(16-25)24(26)27/h4-12,15-16,28H,2,13-14,25H2,1,3H3,(H3,26,27)/b21-4-,23-16-,29-18+. The molecular formula is C24H29N5. The van der Waals surface area contributed by atoms with E-state index < -0.39 is 0 Å². The van der Waals surface area contributed by atoms with Gasteiger partial charge >= 0.3 is 0 Å². The van der Waals surface area contributed by atoms with Crippen molar-refractivity contribution in [1.29, 1.82) is 5.41 Å². The molecule has 0 bridgehead atoms. The van der Waals surface area contributed by atoms with Crippen LogP contribution in [0.15, 0.2) is 89.8 Å². The molecule has 0 saturated heterocycles. The molecule has 150 valence electrons. The fourth-order valence-corrected chi connectivity index (χ4v) is 2.87. The third kappa shape index (κ3) is 6.50. The SMILES string of the molecule is C=C(CCC(=C/C)/N=C(\C)c1cccc(/C(=C/N)C(=N)N)c1)Nc1ccccc1. The van der Waals surface area contributed by atoms with E-state index >= 15 is 0 Å². The molecule has 2 aromatic carbocycles. The zero-order valence-electron chi connectivity index (χ0n) is 17.1. The van der Waals surface area contributed by atoms with Crippen LogP contribution in [0.25, 0.3) is 5.57 Å². The maximum Gasteiger partial charge on any atom is 0.124 e. The van der Waals surface area contributed by atoms with Crippen LogP contribution in [0.3, 0.4) is 0 Å². The number of aliphatic imine (C=N–C) groups is 1. The van der Waals surface area contributed by atoms with Crippen LogP contribution in [0.4, 0.5) is 5.69 Å². The highest BCUT2D eigenvalue weighted by Gasteiger charge is 2.07. The third-order valence-electron chi connectivity index (χ3n) is 4.47. The van der Waals surface area contributed by atoms with Crippen molar-refractivity contribution in [1.82, 2.24) is 0 Å². The minimum absolute atomic E-state index is 0.0576. The molecule has 6 N–H and O–H groups in total. The number of nitrogens with two attached hydrogens (primary N) is 2. The van der Waals surface area contributed by atoms with E-state index in [0.717, 1.165) is 46.8 Å². The van der Waals surface area contributed by atoms with Crippen molar-refractivity contribution < 1.29 is 0 Å². The molecule has 0 aliphatic heterocycles. The van der Waals surface area contributed by atoms with Gasteiger partial charge in [-0.05, 0) is 56.0 Å². The molecule has 0 atom stereocenters. The van der Waals surface area contributed by atoms with Crippen LogP contribution in [-0.4, -0.2) is 11.5 Å². The second-order valence-electron chi connectivity index (χ2n) is 6.65. The number of hydrogen-bond donors (Lipinski definition) is 4. The molecule has 0 aliphatic rings. The lowest BCUT2D eigenvalue weighted by Gasteiger charge is -2.11. The number of rotatable bonds is 9. The average molecular weight is 388 g/mol. The van der Waals surface area contributed by atoms with Crippen molar-refractivity contribution in [2.24, 2.45) is 16.5 Å². The summed E-state index contributed by atoms with van der Waals surface area (Å²) in [7, 11) is 0. The van der Waals surface area contributed by atoms with E-state index in [0.29, 0.717) is 5.57 Å². The molecule has 5 heteroatoms. The third-order valence-corrected chi connectivity index (χ3v) is 4.47. The quantitative estimate of drug-likeness (QED) is 0.358. The molecule has 0 aliphatic carbocycles. The molecule has 5 nitrogen and oxygen atoms in total. The average Bonchev–Trinajstić information content (AvgIpc) is 2.72. The maximum atomic E-state index is 7.66. The van der Waals surface area contributed by atoms with Gasteiger partial charge in [-0.3, -0.25) is 10.4 Å². The normalized spacial score (nSPS) is 12.6. The molecular weight excluding hydrogens is 358 g/mol. The van der Waals surface area contributed by atoms with Crippen molar-refractivity contribution in [3.63, 3.8) is 0 Å². The fourth-order valence-electron chi connectivity index (χ4n) is 2.87. The van der Waals surface area contributed by atoms with Gasteiger partial charge in [0.25, 0.3) is 0 Å². The van der Waals surface area contributed by atoms with E-state index in [2.05, 4.69) is 11.9 Å². The van der Waals surface area contributed by atoms with Crippen LogP contribution in [-0.2, 0) is 0 Å². The summed E-state index contributed by atoms with van der Waals surface area (Å²) in [5.41, 5.74) is 17.4. The van der Waals surface area contributed by atoms with Crippen LogP contribution >= 0.6 is 0 Å². The number of para-hydroxylation sites is 1. The molecule has 0 unspecified atom stereocenters. The van der Waals surface area contributed by atoms with Gasteiger partial charge in [0.1, 0.15) is 5.84 Å².